The third-order valence-corrected chi connectivity index (χ3v) is 3.62. The van der Waals surface area contributed by atoms with Crippen molar-refractivity contribution >= 4 is 5.91 Å². The highest BCUT2D eigenvalue weighted by Crippen LogP contribution is 2.18. The van der Waals surface area contributed by atoms with Gasteiger partial charge in [-0.05, 0) is 31.4 Å². The Morgan fingerprint density at radius 2 is 1.94 bits per heavy atom. The Labute approximate surface area is 109 Å². The Hall–Kier alpha value is -1.35. The van der Waals surface area contributed by atoms with E-state index in [4.69, 9.17) is 0 Å². The molecule has 1 heterocycles. The number of nitrogens with one attached hydrogen (secondary N) is 1. The predicted molar refractivity (Wildman–Crippen MR) is 73.9 cm³/mol. The standard InChI is InChI=1S/C15H22N2O/c1-4-8-17(13-9-16-10-13)15(18)14-11(2)6-5-7-12(14)3/h5-7,13,16H,4,8-10H2,1-3H3. The largest absolute Gasteiger partial charge is 0.333 e. The minimum Gasteiger partial charge on any atom is -0.333 e. The number of aryl methyl sites for hydroxylation is 2. The maximum atomic E-state index is 12.7. The average Bonchev–Trinajstić information content (AvgIpc) is 2.25. The van der Waals surface area contributed by atoms with Crippen molar-refractivity contribution in [3.05, 3.63) is 34.9 Å². The normalized spacial score (nSPS) is 15.3. The fourth-order valence-corrected chi connectivity index (χ4v) is 2.48. The summed E-state index contributed by atoms with van der Waals surface area (Å²) in [5, 5.41) is 3.24. The lowest BCUT2D eigenvalue weighted by molar-refractivity contribution is 0.0614. The molecule has 1 aliphatic rings. The van der Waals surface area contributed by atoms with Crippen molar-refractivity contribution in [2.75, 3.05) is 19.6 Å². The fraction of sp³-hybridized carbons (Fsp3) is 0.533. The number of benzene rings is 1. The van der Waals surface area contributed by atoms with Crippen LogP contribution in [0, 0.1) is 13.8 Å². The van der Waals surface area contributed by atoms with Crippen molar-refractivity contribution in [1.29, 1.82) is 0 Å². The Morgan fingerprint density at radius 3 is 2.39 bits per heavy atom. The summed E-state index contributed by atoms with van der Waals surface area (Å²) >= 11 is 0. The van der Waals surface area contributed by atoms with Crippen LogP contribution in [-0.2, 0) is 0 Å². The first-order valence-corrected chi connectivity index (χ1v) is 6.73. The van der Waals surface area contributed by atoms with E-state index in [0.717, 1.165) is 42.7 Å². The number of nitrogens with zero attached hydrogens (tertiary/aromatic N) is 1. The Kier molecular flexibility index (Phi) is 4.02. The molecule has 0 spiro atoms. The van der Waals surface area contributed by atoms with Gasteiger partial charge in [-0.25, -0.2) is 0 Å². The van der Waals surface area contributed by atoms with Gasteiger partial charge < -0.3 is 10.2 Å². The van der Waals surface area contributed by atoms with Crippen LogP contribution in [0.3, 0.4) is 0 Å². The molecule has 1 fully saturated rings. The maximum absolute atomic E-state index is 12.7. The topological polar surface area (TPSA) is 32.3 Å². The molecule has 3 nitrogen and oxygen atoms in total. The van der Waals surface area contributed by atoms with Crippen LogP contribution in [0.5, 0.6) is 0 Å². The predicted octanol–water partition coefficient (Wildman–Crippen LogP) is 2.13. The van der Waals surface area contributed by atoms with Crippen molar-refractivity contribution in [1.82, 2.24) is 10.2 Å². The van der Waals surface area contributed by atoms with Gasteiger partial charge >= 0.3 is 0 Å². The van der Waals surface area contributed by atoms with Crippen LogP contribution in [0.25, 0.3) is 0 Å². The number of rotatable bonds is 4. The van der Waals surface area contributed by atoms with Crippen LogP contribution in [0.4, 0.5) is 0 Å². The second-order valence-corrected chi connectivity index (χ2v) is 5.08. The van der Waals surface area contributed by atoms with Gasteiger partial charge in [-0.3, -0.25) is 4.79 Å². The fourth-order valence-electron chi connectivity index (χ4n) is 2.48. The summed E-state index contributed by atoms with van der Waals surface area (Å²) in [5.41, 5.74) is 3.04. The molecule has 3 heteroatoms. The molecule has 0 atom stereocenters. The number of carbonyl (C=O) groups is 1. The van der Waals surface area contributed by atoms with E-state index in [-0.39, 0.29) is 5.91 Å². The van der Waals surface area contributed by atoms with E-state index in [1.54, 1.807) is 0 Å². The van der Waals surface area contributed by atoms with Crippen molar-refractivity contribution < 1.29 is 4.79 Å². The molecule has 1 aromatic rings. The summed E-state index contributed by atoms with van der Waals surface area (Å²) in [5.74, 6) is 0.193. The minimum atomic E-state index is 0.193. The zero-order chi connectivity index (χ0) is 13.1. The molecule has 0 bridgehead atoms. The highest BCUT2D eigenvalue weighted by atomic mass is 16.2. The molecule has 0 aliphatic carbocycles. The third-order valence-electron chi connectivity index (χ3n) is 3.62. The van der Waals surface area contributed by atoms with E-state index >= 15 is 0 Å². The summed E-state index contributed by atoms with van der Waals surface area (Å²) in [6.07, 6.45) is 1.01. The maximum Gasteiger partial charge on any atom is 0.254 e. The average molecular weight is 246 g/mol. The monoisotopic (exact) mass is 246 g/mol. The van der Waals surface area contributed by atoms with E-state index < -0.39 is 0 Å². The van der Waals surface area contributed by atoms with Gasteiger partial charge in [-0.15, -0.1) is 0 Å². The first kappa shape index (κ1) is 13.1. The van der Waals surface area contributed by atoms with Crippen LogP contribution in [0.15, 0.2) is 18.2 Å². The number of carbonyl (C=O) groups excluding carboxylic acids is 1. The zero-order valence-corrected chi connectivity index (χ0v) is 11.5. The summed E-state index contributed by atoms with van der Waals surface area (Å²) < 4.78 is 0. The van der Waals surface area contributed by atoms with Gasteiger partial charge in [0.05, 0.1) is 6.04 Å². The van der Waals surface area contributed by atoms with Gasteiger partial charge in [0.15, 0.2) is 0 Å². The van der Waals surface area contributed by atoms with Crippen LogP contribution in [-0.4, -0.2) is 36.5 Å². The molecule has 0 saturated carbocycles. The van der Waals surface area contributed by atoms with Crippen LogP contribution in [0.2, 0.25) is 0 Å². The molecular formula is C15H22N2O. The van der Waals surface area contributed by atoms with Crippen molar-refractivity contribution in [3.63, 3.8) is 0 Å². The van der Waals surface area contributed by atoms with E-state index in [1.807, 2.05) is 36.9 Å². The summed E-state index contributed by atoms with van der Waals surface area (Å²) in [6.45, 7) is 8.86. The van der Waals surface area contributed by atoms with E-state index in [9.17, 15) is 4.79 Å². The molecular weight excluding hydrogens is 224 g/mol. The molecule has 18 heavy (non-hydrogen) atoms. The number of hydrogen-bond acceptors (Lipinski definition) is 2. The lowest BCUT2D eigenvalue weighted by Gasteiger charge is -2.38. The van der Waals surface area contributed by atoms with Gasteiger partial charge in [0.1, 0.15) is 0 Å². The van der Waals surface area contributed by atoms with E-state index in [1.165, 1.54) is 0 Å². The second-order valence-electron chi connectivity index (χ2n) is 5.08. The highest BCUT2D eigenvalue weighted by Gasteiger charge is 2.29. The molecule has 98 valence electrons. The smallest absolute Gasteiger partial charge is 0.254 e. The molecule has 2 rings (SSSR count). The van der Waals surface area contributed by atoms with Gasteiger partial charge in [-0.1, -0.05) is 25.1 Å². The minimum absolute atomic E-state index is 0.193. The van der Waals surface area contributed by atoms with Crippen molar-refractivity contribution in [3.8, 4) is 0 Å². The van der Waals surface area contributed by atoms with Crippen LogP contribution in [0.1, 0.15) is 34.8 Å². The van der Waals surface area contributed by atoms with E-state index in [0.29, 0.717) is 6.04 Å². The summed E-state index contributed by atoms with van der Waals surface area (Å²) in [7, 11) is 0. The molecule has 1 amide bonds. The summed E-state index contributed by atoms with van der Waals surface area (Å²) in [6, 6.07) is 6.42. The molecule has 1 N–H and O–H groups in total. The van der Waals surface area contributed by atoms with Crippen LogP contribution >= 0.6 is 0 Å². The second kappa shape index (κ2) is 5.53. The third kappa shape index (κ3) is 2.41. The Morgan fingerprint density at radius 1 is 1.33 bits per heavy atom. The quantitative estimate of drug-likeness (QED) is 0.882. The van der Waals surface area contributed by atoms with Gasteiger partial charge in [0, 0.05) is 25.2 Å². The lowest BCUT2D eigenvalue weighted by Crippen LogP contribution is -2.59. The van der Waals surface area contributed by atoms with Gasteiger partial charge in [-0.2, -0.15) is 0 Å². The number of hydrogen-bond donors (Lipinski definition) is 1. The molecule has 0 radical (unpaired) electrons. The Bertz CT molecular complexity index is 418. The van der Waals surface area contributed by atoms with Gasteiger partial charge in [0.2, 0.25) is 0 Å². The zero-order valence-electron chi connectivity index (χ0n) is 11.5. The lowest BCUT2D eigenvalue weighted by atomic mass is 10.00. The Balaban J connectivity index is 2.27. The molecule has 1 aromatic carbocycles. The van der Waals surface area contributed by atoms with E-state index in [2.05, 4.69) is 12.2 Å². The molecule has 1 saturated heterocycles. The molecule has 0 unspecified atom stereocenters. The van der Waals surface area contributed by atoms with Crippen molar-refractivity contribution in [2.24, 2.45) is 0 Å². The first-order chi connectivity index (χ1) is 8.65. The SMILES string of the molecule is CCCN(C(=O)c1c(C)cccc1C)C1CNC1. The van der Waals surface area contributed by atoms with Gasteiger partial charge in [0.25, 0.3) is 5.91 Å². The molecule has 0 aromatic heterocycles. The number of amides is 1. The first-order valence-electron chi connectivity index (χ1n) is 6.73. The highest BCUT2D eigenvalue weighted by molar-refractivity contribution is 5.97. The molecule has 1 aliphatic heterocycles. The van der Waals surface area contributed by atoms with Crippen LogP contribution < -0.4 is 5.32 Å². The summed E-state index contributed by atoms with van der Waals surface area (Å²) in [4.78, 5) is 14.7. The van der Waals surface area contributed by atoms with Crippen molar-refractivity contribution in [2.45, 2.75) is 33.2 Å².